The van der Waals surface area contributed by atoms with Crippen LogP contribution in [0.25, 0.3) is 0 Å². The Morgan fingerprint density at radius 3 is 2.17 bits per heavy atom. The van der Waals surface area contributed by atoms with Gasteiger partial charge in [0.25, 0.3) is 0 Å². The molecule has 23 heavy (non-hydrogen) atoms. The third-order valence-corrected chi connectivity index (χ3v) is 2.95. The van der Waals surface area contributed by atoms with Crippen molar-refractivity contribution in [2.24, 2.45) is 0 Å². The molecule has 0 unspecified atom stereocenters. The molecule has 0 atom stereocenters. The fraction of sp³-hybridized carbons (Fsp3) is 0.0667. The molecule has 0 radical (unpaired) electrons. The van der Waals surface area contributed by atoms with Crippen molar-refractivity contribution in [3.63, 3.8) is 0 Å². The van der Waals surface area contributed by atoms with Crippen molar-refractivity contribution in [1.29, 1.82) is 0 Å². The molecule has 118 valence electrons. The maximum Gasteiger partial charge on any atom is 0.323 e. The number of rotatable bonds is 4. The number of nitrogens with zero attached hydrogens (tertiary/aromatic N) is 1. The van der Waals surface area contributed by atoms with Gasteiger partial charge in [-0.1, -0.05) is 0 Å². The van der Waals surface area contributed by atoms with E-state index < -0.39 is 22.5 Å². The number of anilines is 2. The molecule has 7 nitrogen and oxygen atoms in total. The molecular formula is C15H12FN3O4. The zero-order chi connectivity index (χ0) is 17.0. The average Bonchev–Trinajstić information content (AvgIpc) is 2.49. The van der Waals surface area contributed by atoms with Crippen molar-refractivity contribution in [2.45, 2.75) is 6.92 Å². The van der Waals surface area contributed by atoms with E-state index in [2.05, 4.69) is 10.6 Å². The van der Waals surface area contributed by atoms with E-state index in [-0.39, 0.29) is 11.5 Å². The molecule has 0 heterocycles. The van der Waals surface area contributed by atoms with Gasteiger partial charge in [-0.05, 0) is 43.3 Å². The summed E-state index contributed by atoms with van der Waals surface area (Å²) in [7, 11) is 0. The Balaban J connectivity index is 2.06. The van der Waals surface area contributed by atoms with E-state index in [9.17, 15) is 24.1 Å². The number of ketones is 1. The first-order valence-electron chi connectivity index (χ1n) is 6.50. The van der Waals surface area contributed by atoms with E-state index in [1.54, 1.807) is 24.3 Å². The molecule has 0 aromatic heterocycles. The summed E-state index contributed by atoms with van der Waals surface area (Å²) < 4.78 is 13.2. The third-order valence-electron chi connectivity index (χ3n) is 2.95. The van der Waals surface area contributed by atoms with Crippen molar-refractivity contribution < 1.29 is 18.9 Å². The summed E-state index contributed by atoms with van der Waals surface area (Å²) in [5.41, 5.74) is 0.291. The third kappa shape index (κ3) is 4.10. The number of urea groups is 1. The molecule has 2 N–H and O–H groups in total. The fourth-order valence-electron chi connectivity index (χ4n) is 1.81. The Morgan fingerprint density at radius 1 is 1.04 bits per heavy atom. The summed E-state index contributed by atoms with van der Waals surface area (Å²) in [5.74, 6) is -1.08. The van der Waals surface area contributed by atoms with Gasteiger partial charge in [-0.15, -0.1) is 0 Å². The lowest BCUT2D eigenvalue weighted by atomic mass is 10.1. The summed E-state index contributed by atoms with van der Waals surface area (Å²) in [6.07, 6.45) is 0. The summed E-state index contributed by atoms with van der Waals surface area (Å²) in [6, 6.07) is 8.58. The van der Waals surface area contributed by atoms with Crippen molar-refractivity contribution in [2.75, 3.05) is 10.6 Å². The first-order chi connectivity index (χ1) is 10.9. The number of nitro benzene ring substituents is 1. The molecule has 8 heteroatoms. The molecule has 0 fully saturated rings. The number of Topliss-reactive ketones (excluding diaryl/α,β-unsaturated/α-hetero) is 1. The number of hydrogen-bond donors (Lipinski definition) is 2. The zero-order valence-corrected chi connectivity index (χ0v) is 12.0. The molecule has 0 aliphatic rings. The number of carbonyl (C=O) groups is 2. The van der Waals surface area contributed by atoms with Crippen LogP contribution in [0.3, 0.4) is 0 Å². The SMILES string of the molecule is CC(=O)c1ccc(NC(=O)Nc2ccc(F)c([N+](=O)[O-])c2)cc1. The van der Waals surface area contributed by atoms with E-state index in [0.29, 0.717) is 11.3 Å². The predicted octanol–water partition coefficient (Wildman–Crippen LogP) is 3.58. The van der Waals surface area contributed by atoms with Crippen molar-refractivity contribution >= 4 is 28.9 Å². The summed E-state index contributed by atoms with van der Waals surface area (Å²) in [4.78, 5) is 32.7. The highest BCUT2D eigenvalue weighted by Crippen LogP contribution is 2.21. The van der Waals surface area contributed by atoms with Gasteiger partial charge >= 0.3 is 11.7 Å². The highest BCUT2D eigenvalue weighted by molar-refractivity contribution is 6.00. The maximum atomic E-state index is 13.2. The molecule has 0 aliphatic carbocycles. The van der Waals surface area contributed by atoms with Gasteiger partial charge in [-0.25, -0.2) is 4.79 Å². The van der Waals surface area contributed by atoms with Crippen LogP contribution in [0.15, 0.2) is 42.5 Å². The van der Waals surface area contributed by atoms with Gasteiger partial charge in [0.1, 0.15) is 0 Å². The van der Waals surface area contributed by atoms with Gasteiger partial charge in [-0.3, -0.25) is 14.9 Å². The number of carbonyl (C=O) groups excluding carboxylic acids is 2. The highest BCUT2D eigenvalue weighted by Gasteiger charge is 2.15. The largest absolute Gasteiger partial charge is 0.323 e. The normalized spacial score (nSPS) is 10.0. The van der Waals surface area contributed by atoms with E-state index in [0.717, 1.165) is 12.1 Å². The van der Waals surface area contributed by atoms with Crippen LogP contribution in [0.1, 0.15) is 17.3 Å². The summed E-state index contributed by atoms with van der Waals surface area (Å²) in [5, 5.41) is 15.5. The quantitative estimate of drug-likeness (QED) is 0.511. The minimum Gasteiger partial charge on any atom is -0.308 e. The van der Waals surface area contributed by atoms with E-state index >= 15 is 0 Å². The first-order valence-corrected chi connectivity index (χ1v) is 6.50. The van der Waals surface area contributed by atoms with Gasteiger partial charge < -0.3 is 10.6 Å². The number of halogens is 1. The van der Waals surface area contributed by atoms with Crippen LogP contribution in [0.2, 0.25) is 0 Å². The molecule has 0 bridgehead atoms. The van der Waals surface area contributed by atoms with E-state index in [1.165, 1.54) is 13.0 Å². The monoisotopic (exact) mass is 317 g/mol. The van der Waals surface area contributed by atoms with Crippen LogP contribution in [0.5, 0.6) is 0 Å². The smallest absolute Gasteiger partial charge is 0.308 e. The zero-order valence-electron chi connectivity index (χ0n) is 12.0. The lowest BCUT2D eigenvalue weighted by molar-refractivity contribution is -0.387. The number of benzene rings is 2. The molecule has 2 aromatic rings. The molecule has 0 saturated heterocycles. The van der Waals surface area contributed by atoms with E-state index in [4.69, 9.17) is 0 Å². The van der Waals surface area contributed by atoms with Gasteiger partial charge in [0.2, 0.25) is 5.82 Å². The molecular weight excluding hydrogens is 305 g/mol. The molecule has 2 aromatic carbocycles. The molecule has 0 saturated carbocycles. The number of hydrogen-bond acceptors (Lipinski definition) is 4. The Kier molecular flexibility index (Phi) is 4.65. The lowest BCUT2D eigenvalue weighted by Gasteiger charge is -2.08. The van der Waals surface area contributed by atoms with E-state index in [1.807, 2.05) is 0 Å². The summed E-state index contributed by atoms with van der Waals surface area (Å²) in [6.45, 7) is 1.43. The van der Waals surface area contributed by atoms with Crippen LogP contribution in [-0.2, 0) is 0 Å². The molecule has 0 aliphatic heterocycles. The van der Waals surface area contributed by atoms with Crippen molar-refractivity contribution in [3.05, 3.63) is 64.0 Å². The second kappa shape index (κ2) is 6.65. The van der Waals surface area contributed by atoms with Crippen molar-refractivity contribution in [3.8, 4) is 0 Å². The predicted molar refractivity (Wildman–Crippen MR) is 82.1 cm³/mol. The lowest BCUT2D eigenvalue weighted by Crippen LogP contribution is -2.19. The highest BCUT2D eigenvalue weighted by atomic mass is 19.1. The molecule has 2 amide bonds. The number of nitro groups is 1. The number of amides is 2. The first kappa shape index (κ1) is 16.1. The number of nitrogens with one attached hydrogen (secondary N) is 2. The van der Waals surface area contributed by atoms with Gasteiger partial charge in [-0.2, -0.15) is 4.39 Å². The van der Waals surface area contributed by atoms with Crippen LogP contribution in [0.4, 0.5) is 26.2 Å². The second-order valence-corrected chi connectivity index (χ2v) is 4.64. The minimum atomic E-state index is -0.985. The second-order valence-electron chi connectivity index (χ2n) is 4.64. The van der Waals surface area contributed by atoms with Crippen LogP contribution in [0, 0.1) is 15.9 Å². The fourth-order valence-corrected chi connectivity index (χ4v) is 1.81. The molecule has 0 spiro atoms. The van der Waals surface area contributed by atoms with Crippen LogP contribution >= 0.6 is 0 Å². The Hall–Kier alpha value is -3.29. The minimum absolute atomic E-state index is 0.0796. The Labute approximate surface area is 130 Å². The Morgan fingerprint density at radius 2 is 1.61 bits per heavy atom. The Bertz CT molecular complexity index is 775. The maximum absolute atomic E-state index is 13.2. The van der Waals surface area contributed by atoms with Crippen molar-refractivity contribution in [1.82, 2.24) is 0 Å². The van der Waals surface area contributed by atoms with Gasteiger partial charge in [0.15, 0.2) is 5.78 Å². The van der Waals surface area contributed by atoms with Crippen LogP contribution in [-0.4, -0.2) is 16.7 Å². The topological polar surface area (TPSA) is 101 Å². The van der Waals surface area contributed by atoms with Gasteiger partial charge in [0.05, 0.1) is 4.92 Å². The average molecular weight is 317 g/mol. The molecule has 2 rings (SSSR count). The standard InChI is InChI=1S/C15H12FN3O4/c1-9(20)10-2-4-11(5-3-10)17-15(21)18-12-6-7-13(16)14(8-12)19(22)23/h2-8H,1H3,(H2,17,18,21). The van der Waals surface area contributed by atoms with Crippen LogP contribution < -0.4 is 10.6 Å². The van der Waals surface area contributed by atoms with Gasteiger partial charge in [0, 0.05) is 23.0 Å². The summed E-state index contributed by atoms with van der Waals surface area (Å²) >= 11 is 0.